The van der Waals surface area contributed by atoms with E-state index < -0.39 is 0 Å². The number of benzene rings is 9. The highest BCUT2D eigenvalue weighted by Gasteiger charge is 2.20. The molecular formula is C51H33N. The Morgan fingerprint density at radius 2 is 0.750 bits per heavy atom. The third-order valence-corrected chi connectivity index (χ3v) is 10.5. The van der Waals surface area contributed by atoms with Crippen LogP contribution in [0.15, 0.2) is 200 Å². The first-order chi connectivity index (χ1) is 25.8. The zero-order chi connectivity index (χ0) is 34.4. The van der Waals surface area contributed by atoms with Gasteiger partial charge in [-0.05, 0) is 101 Å². The molecule has 0 atom stereocenters. The molecule has 10 rings (SSSR count). The number of hydrogen-bond acceptors (Lipinski definition) is 1. The molecule has 10 aromatic rings. The molecule has 0 spiro atoms. The van der Waals surface area contributed by atoms with Crippen LogP contribution in [-0.4, -0.2) is 4.98 Å². The second kappa shape index (κ2) is 12.5. The smallest absolute Gasteiger partial charge is 0.0780 e. The molecule has 0 radical (unpaired) electrons. The lowest BCUT2D eigenvalue weighted by Crippen LogP contribution is -1.94. The standard InChI is InChI=1S/C51H33N/c1-3-13-34(14-4-1)43-32-47(37-17-5-2-6-18-37)51(52-33-43)42-27-28-46-48(31-42)50(41-26-24-36-16-8-10-20-39(36)30-41)45-22-12-11-21-44(45)49(46)40-25-23-35-15-7-9-19-38(35)29-40/h1-33H. The first-order valence-corrected chi connectivity index (χ1v) is 17.9. The van der Waals surface area contributed by atoms with Crippen LogP contribution in [0.4, 0.5) is 0 Å². The van der Waals surface area contributed by atoms with Crippen LogP contribution in [0.2, 0.25) is 0 Å². The number of nitrogens with zero attached hydrogens (tertiary/aromatic N) is 1. The van der Waals surface area contributed by atoms with Gasteiger partial charge >= 0.3 is 0 Å². The predicted octanol–water partition coefficient (Wildman–Crippen LogP) is 14.0. The van der Waals surface area contributed by atoms with Crippen molar-refractivity contribution in [3.8, 4) is 55.8 Å². The van der Waals surface area contributed by atoms with Gasteiger partial charge in [-0.3, -0.25) is 4.98 Å². The molecule has 0 fully saturated rings. The third kappa shape index (κ3) is 5.14. The maximum absolute atomic E-state index is 5.23. The van der Waals surface area contributed by atoms with Gasteiger partial charge in [0.15, 0.2) is 0 Å². The number of fused-ring (bicyclic) bond motifs is 4. The lowest BCUT2D eigenvalue weighted by atomic mass is 9.84. The number of rotatable bonds is 5. The Labute approximate surface area is 303 Å². The Kier molecular flexibility index (Phi) is 7.22. The van der Waals surface area contributed by atoms with Gasteiger partial charge in [-0.1, -0.05) is 170 Å². The fraction of sp³-hybridized carbons (Fsp3) is 0. The van der Waals surface area contributed by atoms with Crippen molar-refractivity contribution in [3.63, 3.8) is 0 Å². The van der Waals surface area contributed by atoms with E-state index >= 15 is 0 Å². The zero-order valence-electron chi connectivity index (χ0n) is 28.5. The monoisotopic (exact) mass is 659 g/mol. The first kappa shape index (κ1) is 30.0. The van der Waals surface area contributed by atoms with Crippen LogP contribution in [0.1, 0.15) is 0 Å². The topological polar surface area (TPSA) is 12.9 Å². The van der Waals surface area contributed by atoms with Crippen LogP contribution in [0.5, 0.6) is 0 Å². The minimum atomic E-state index is 0.970. The zero-order valence-corrected chi connectivity index (χ0v) is 28.5. The molecule has 0 unspecified atom stereocenters. The van der Waals surface area contributed by atoms with Gasteiger partial charge in [0.1, 0.15) is 0 Å². The summed E-state index contributed by atoms with van der Waals surface area (Å²) >= 11 is 0. The summed E-state index contributed by atoms with van der Waals surface area (Å²) in [5.41, 5.74) is 11.5. The minimum absolute atomic E-state index is 0.970. The Hall–Kier alpha value is -6.83. The van der Waals surface area contributed by atoms with Gasteiger partial charge in [0, 0.05) is 22.9 Å². The molecule has 1 aromatic heterocycles. The van der Waals surface area contributed by atoms with Crippen LogP contribution >= 0.6 is 0 Å². The van der Waals surface area contributed by atoms with Gasteiger partial charge in [0.2, 0.25) is 0 Å². The molecule has 52 heavy (non-hydrogen) atoms. The van der Waals surface area contributed by atoms with Crippen LogP contribution in [0.25, 0.3) is 98.9 Å². The van der Waals surface area contributed by atoms with Gasteiger partial charge in [0.05, 0.1) is 5.69 Å². The summed E-state index contributed by atoms with van der Waals surface area (Å²) in [6.45, 7) is 0. The molecule has 242 valence electrons. The van der Waals surface area contributed by atoms with Crippen molar-refractivity contribution in [1.82, 2.24) is 4.98 Å². The Bertz CT molecular complexity index is 2940. The molecule has 0 bridgehead atoms. The molecule has 1 heterocycles. The molecule has 0 saturated heterocycles. The van der Waals surface area contributed by atoms with Crippen molar-refractivity contribution in [2.75, 3.05) is 0 Å². The maximum atomic E-state index is 5.23. The summed E-state index contributed by atoms with van der Waals surface area (Å²) in [5, 5.41) is 9.87. The Balaban J connectivity index is 1.29. The summed E-state index contributed by atoms with van der Waals surface area (Å²) in [5.74, 6) is 0. The van der Waals surface area contributed by atoms with Crippen molar-refractivity contribution in [1.29, 1.82) is 0 Å². The third-order valence-electron chi connectivity index (χ3n) is 10.5. The molecule has 9 aromatic carbocycles. The van der Waals surface area contributed by atoms with Crippen molar-refractivity contribution in [2.45, 2.75) is 0 Å². The summed E-state index contributed by atoms with van der Waals surface area (Å²) in [6, 6.07) is 70.4. The van der Waals surface area contributed by atoms with Crippen LogP contribution in [0.3, 0.4) is 0 Å². The van der Waals surface area contributed by atoms with E-state index in [-0.39, 0.29) is 0 Å². The molecule has 1 heteroatoms. The molecule has 1 nitrogen and oxygen atoms in total. The summed E-state index contributed by atoms with van der Waals surface area (Å²) in [6.07, 6.45) is 2.02. The van der Waals surface area contributed by atoms with Gasteiger partial charge in [0.25, 0.3) is 0 Å². The lowest BCUT2D eigenvalue weighted by molar-refractivity contribution is 1.33. The number of aromatic nitrogens is 1. The highest BCUT2D eigenvalue weighted by atomic mass is 14.7. The average Bonchev–Trinajstić information content (AvgIpc) is 3.22. The van der Waals surface area contributed by atoms with E-state index in [2.05, 4.69) is 194 Å². The van der Waals surface area contributed by atoms with Crippen LogP contribution in [-0.2, 0) is 0 Å². The van der Waals surface area contributed by atoms with Crippen LogP contribution in [0, 0.1) is 0 Å². The predicted molar refractivity (Wildman–Crippen MR) is 221 cm³/mol. The van der Waals surface area contributed by atoms with Gasteiger partial charge in [-0.25, -0.2) is 0 Å². The molecule has 0 amide bonds. The summed E-state index contributed by atoms with van der Waals surface area (Å²) in [7, 11) is 0. The first-order valence-electron chi connectivity index (χ1n) is 17.9. The fourth-order valence-electron chi connectivity index (χ4n) is 7.96. The second-order valence-corrected chi connectivity index (χ2v) is 13.5. The minimum Gasteiger partial charge on any atom is -0.255 e. The van der Waals surface area contributed by atoms with E-state index in [1.165, 1.54) is 65.3 Å². The van der Waals surface area contributed by atoms with E-state index in [4.69, 9.17) is 4.98 Å². The lowest BCUT2D eigenvalue weighted by Gasteiger charge is -2.20. The SMILES string of the molecule is c1ccc(-c2cnc(-c3ccc4c(-c5ccc6ccccc6c5)c5ccccc5c(-c5ccc6ccccc6c5)c4c3)c(-c3ccccc3)c2)cc1. The van der Waals surface area contributed by atoms with Crippen molar-refractivity contribution >= 4 is 43.1 Å². The molecule has 0 N–H and O–H groups in total. The normalized spacial score (nSPS) is 11.5. The second-order valence-electron chi connectivity index (χ2n) is 13.5. The van der Waals surface area contributed by atoms with E-state index in [9.17, 15) is 0 Å². The van der Waals surface area contributed by atoms with E-state index in [0.717, 1.165) is 33.5 Å². The quantitative estimate of drug-likeness (QED) is 0.168. The summed E-state index contributed by atoms with van der Waals surface area (Å²) < 4.78 is 0. The molecule has 0 saturated carbocycles. The molecule has 0 aliphatic heterocycles. The summed E-state index contributed by atoms with van der Waals surface area (Å²) in [4.78, 5) is 5.23. The van der Waals surface area contributed by atoms with E-state index in [0.29, 0.717) is 0 Å². The van der Waals surface area contributed by atoms with Gasteiger partial charge in [-0.2, -0.15) is 0 Å². The Morgan fingerprint density at radius 3 is 1.37 bits per heavy atom. The molecule has 0 aliphatic rings. The highest BCUT2D eigenvalue weighted by Crippen LogP contribution is 2.46. The fourth-order valence-corrected chi connectivity index (χ4v) is 7.96. The van der Waals surface area contributed by atoms with Crippen molar-refractivity contribution < 1.29 is 0 Å². The van der Waals surface area contributed by atoms with E-state index in [1.807, 2.05) is 6.20 Å². The van der Waals surface area contributed by atoms with Crippen molar-refractivity contribution in [2.24, 2.45) is 0 Å². The maximum Gasteiger partial charge on any atom is 0.0780 e. The highest BCUT2D eigenvalue weighted by molar-refractivity contribution is 6.22. The van der Waals surface area contributed by atoms with Crippen molar-refractivity contribution in [3.05, 3.63) is 200 Å². The largest absolute Gasteiger partial charge is 0.255 e. The van der Waals surface area contributed by atoms with Gasteiger partial charge < -0.3 is 0 Å². The van der Waals surface area contributed by atoms with Gasteiger partial charge in [-0.15, -0.1) is 0 Å². The van der Waals surface area contributed by atoms with E-state index in [1.54, 1.807) is 0 Å². The average molecular weight is 660 g/mol. The number of hydrogen-bond donors (Lipinski definition) is 0. The molecular weight excluding hydrogens is 627 g/mol. The number of pyridine rings is 1. The Morgan fingerprint density at radius 1 is 0.269 bits per heavy atom. The molecule has 0 aliphatic carbocycles. The van der Waals surface area contributed by atoms with Crippen LogP contribution < -0.4 is 0 Å².